The Bertz CT molecular complexity index is 224. The van der Waals surface area contributed by atoms with Gasteiger partial charge in [-0.2, -0.15) is 0 Å². The van der Waals surface area contributed by atoms with Crippen LogP contribution in [0.15, 0.2) is 12.0 Å². The fourth-order valence-electron chi connectivity index (χ4n) is 0.943. The summed E-state index contributed by atoms with van der Waals surface area (Å²) in [4.78, 5) is 21.5. The minimum atomic E-state index is -0.543. The number of carbonyl (C=O) groups is 2. The molecule has 4 heteroatoms. The van der Waals surface area contributed by atoms with Crippen LogP contribution in [-0.4, -0.2) is 11.9 Å². The van der Waals surface area contributed by atoms with E-state index in [0.717, 1.165) is 19.3 Å². The third kappa shape index (κ3) is 3.27. The maximum atomic E-state index is 10.8. The van der Waals surface area contributed by atoms with Crippen molar-refractivity contribution >= 4 is 11.9 Å². The normalized spacial score (nSPS) is 16.5. The number of ether oxygens (including phenoxy) is 2. The van der Waals surface area contributed by atoms with Crippen molar-refractivity contribution in [3.8, 4) is 0 Å². The second-order valence-corrected chi connectivity index (χ2v) is 2.79. The molecule has 1 saturated heterocycles. The standard InChI is InChI=1S/C9H12O4/c1-2-3-4-5-9-12-7(10)6-8(11)13-9/h5H,2-4,6H2,1H3. The lowest BCUT2D eigenvalue weighted by molar-refractivity contribution is -0.167. The summed E-state index contributed by atoms with van der Waals surface area (Å²) in [6.45, 7) is 2.05. The van der Waals surface area contributed by atoms with Gasteiger partial charge in [0.05, 0.1) is 0 Å². The summed E-state index contributed by atoms with van der Waals surface area (Å²) in [5, 5.41) is 0. The van der Waals surface area contributed by atoms with E-state index in [0.29, 0.717) is 0 Å². The van der Waals surface area contributed by atoms with E-state index in [2.05, 4.69) is 16.4 Å². The Labute approximate surface area is 76.5 Å². The summed E-state index contributed by atoms with van der Waals surface area (Å²) >= 11 is 0. The number of hydrogen-bond donors (Lipinski definition) is 0. The van der Waals surface area contributed by atoms with Crippen molar-refractivity contribution in [3.05, 3.63) is 12.0 Å². The van der Waals surface area contributed by atoms with Crippen LogP contribution in [0.3, 0.4) is 0 Å². The summed E-state index contributed by atoms with van der Waals surface area (Å²) in [5.41, 5.74) is 0. The van der Waals surface area contributed by atoms with Gasteiger partial charge in [-0.05, 0) is 18.9 Å². The minimum Gasteiger partial charge on any atom is -0.392 e. The third-order valence-corrected chi connectivity index (χ3v) is 1.59. The van der Waals surface area contributed by atoms with Crippen LogP contribution in [0.2, 0.25) is 0 Å². The van der Waals surface area contributed by atoms with Crippen molar-refractivity contribution < 1.29 is 19.1 Å². The van der Waals surface area contributed by atoms with E-state index in [4.69, 9.17) is 0 Å². The third-order valence-electron chi connectivity index (χ3n) is 1.59. The quantitative estimate of drug-likeness (QED) is 0.379. The molecule has 0 saturated carbocycles. The van der Waals surface area contributed by atoms with E-state index in [1.165, 1.54) is 0 Å². The van der Waals surface area contributed by atoms with E-state index in [-0.39, 0.29) is 12.4 Å². The van der Waals surface area contributed by atoms with Crippen LogP contribution in [0.1, 0.15) is 32.6 Å². The Balaban J connectivity index is 2.44. The topological polar surface area (TPSA) is 52.6 Å². The smallest absolute Gasteiger partial charge is 0.324 e. The van der Waals surface area contributed by atoms with Crippen LogP contribution >= 0.6 is 0 Å². The number of rotatable bonds is 3. The summed E-state index contributed by atoms with van der Waals surface area (Å²) in [5.74, 6) is -1.05. The predicted octanol–water partition coefficient (Wildman–Crippen LogP) is 1.51. The van der Waals surface area contributed by atoms with Gasteiger partial charge < -0.3 is 9.47 Å². The lowest BCUT2D eigenvalue weighted by atomic mass is 10.2. The molecule has 1 aliphatic rings. The number of carbonyl (C=O) groups excluding carboxylic acids is 2. The molecule has 0 radical (unpaired) electrons. The Morgan fingerprint density at radius 1 is 1.31 bits per heavy atom. The van der Waals surface area contributed by atoms with Crippen molar-refractivity contribution in [2.24, 2.45) is 0 Å². The number of cyclic esters (lactones) is 2. The molecule has 0 unspecified atom stereocenters. The van der Waals surface area contributed by atoms with E-state index < -0.39 is 11.9 Å². The summed E-state index contributed by atoms with van der Waals surface area (Å²) in [7, 11) is 0. The van der Waals surface area contributed by atoms with Gasteiger partial charge in [-0.1, -0.05) is 13.3 Å². The molecule has 1 rings (SSSR count). The zero-order valence-electron chi connectivity index (χ0n) is 7.54. The number of allylic oxidation sites excluding steroid dienone is 1. The van der Waals surface area contributed by atoms with Crippen molar-refractivity contribution in [3.63, 3.8) is 0 Å². The van der Waals surface area contributed by atoms with Crippen molar-refractivity contribution in [2.45, 2.75) is 32.6 Å². The molecule has 4 nitrogen and oxygen atoms in total. The minimum absolute atomic E-state index is 0.0368. The van der Waals surface area contributed by atoms with Gasteiger partial charge in [0.2, 0.25) is 0 Å². The molecule has 0 amide bonds. The molecule has 0 spiro atoms. The van der Waals surface area contributed by atoms with E-state index >= 15 is 0 Å². The number of esters is 2. The van der Waals surface area contributed by atoms with Gasteiger partial charge in [-0.25, -0.2) is 0 Å². The van der Waals surface area contributed by atoms with Crippen LogP contribution in [0.4, 0.5) is 0 Å². The Morgan fingerprint density at radius 3 is 2.46 bits per heavy atom. The van der Waals surface area contributed by atoms with Gasteiger partial charge in [-0.15, -0.1) is 0 Å². The highest BCUT2D eigenvalue weighted by atomic mass is 16.7. The SMILES string of the molecule is CCCCC=C1OC(=O)CC(=O)O1. The van der Waals surface area contributed by atoms with Crippen LogP contribution in [0, 0.1) is 0 Å². The Morgan fingerprint density at radius 2 is 1.92 bits per heavy atom. The molecular formula is C9H12O4. The number of unbranched alkanes of at least 4 members (excludes halogenated alkanes) is 2. The molecule has 72 valence electrons. The molecule has 0 bridgehead atoms. The van der Waals surface area contributed by atoms with Crippen LogP contribution in [0.5, 0.6) is 0 Å². The van der Waals surface area contributed by atoms with Gasteiger partial charge in [0, 0.05) is 0 Å². The lowest BCUT2D eigenvalue weighted by Gasteiger charge is -2.13. The molecule has 0 aliphatic carbocycles. The molecule has 0 N–H and O–H groups in total. The maximum Gasteiger partial charge on any atom is 0.324 e. The molecule has 0 aromatic heterocycles. The maximum absolute atomic E-state index is 10.8. The van der Waals surface area contributed by atoms with E-state index in [9.17, 15) is 9.59 Å². The second-order valence-electron chi connectivity index (χ2n) is 2.79. The molecular weight excluding hydrogens is 172 g/mol. The molecule has 0 aromatic carbocycles. The van der Waals surface area contributed by atoms with Gasteiger partial charge in [-0.3, -0.25) is 9.59 Å². The zero-order valence-corrected chi connectivity index (χ0v) is 7.54. The molecule has 0 atom stereocenters. The fraction of sp³-hybridized carbons (Fsp3) is 0.556. The first-order chi connectivity index (χ1) is 6.22. The fourth-order valence-corrected chi connectivity index (χ4v) is 0.943. The average Bonchev–Trinajstić information content (AvgIpc) is 2.03. The average molecular weight is 184 g/mol. The van der Waals surface area contributed by atoms with Crippen LogP contribution < -0.4 is 0 Å². The first-order valence-corrected chi connectivity index (χ1v) is 4.34. The molecule has 13 heavy (non-hydrogen) atoms. The highest BCUT2D eigenvalue weighted by molar-refractivity contribution is 5.93. The molecule has 1 fully saturated rings. The van der Waals surface area contributed by atoms with Gasteiger partial charge in [0.15, 0.2) is 0 Å². The van der Waals surface area contributed by atoms with Crippen LogP contribution in [0.25, 0.3) is 0 Å². The summed E-state index contributed by atoms with van der Waals surface area (Å²) in [6.07, 6.45) is 4.13. The summed E-state index contributed by atoms with van der Waals surface area (Å²) in [6, 6.07) is 0. The largest absolute Gasteiger partial charge is 0.392 e. The molecule has 1 aliphatic heterocycles. The number of hydrogen-bond acceptors (Lipinski definition) is 4. The first kappa shape index (κ1) is 9.77. The Hall–Kier alpha value is -1.32. The molecule has 0 aromatic rings. The van der Waals surface area contributed by atoms with Crippen molar-refractivity contribution in [2.75, 3.05) is 0 Å². The lowest BCUT2D eigenvalue weighted by Crippen LogP contribution is -2.21. The van der Waals surface area contributed by atoms with Crippen LogP contribution in [-0.2, 0) is 19.1 Å². The van der Waals surface area contributed by atoms with E-state index in [1.54, 1.807) is 6.08 Å². The first-order valence-electron chi connectivity index (χ1n) is 4.34. The second kappa shape index (κ2) is 4.64. The highest BCUT2D eigenvalue weighted by Crippen LogP contribution is 2.12. The van der Waals surface area contributed by atoms with Crippen molar-refractivity contribution in [1.29, 1.82) is 0 Å². The van der Waals surface area contributed by atoms with Crippen molar-refractivity contribution in [1.82, 2.24) is 0 Å². The summed E-state index contributed by atoms with van der Waals surface area (Å²) < 4.78 is 9.36. The monoisotopic (exact) mass is 184 g/mol. The van der Waals surface area contributed by atoms with Gasteiger partial charge >= 0.3 is 11.9 Å². The molecule has 1 heterocycles. The highest BCUT2D eigenvalue weighted by Gasteiger charge is 2.22. The van der Waals surface area contributed by atoms with Gasteiger partial charge in [0.25, 0.3) is 5.95 Å². The van der Waals surface area contributed by atoms with E-state index in [1.807, 2.05) is 0 Å². The zero-order chi connectivity index (χ0) is 9.68. The predicted molar refractivity (Wildman–Crippen MR) is 44.4 cm³/mol. The Kier molecular flexibility index (Phi) is 3.49. The van der Waals surface area contributed by atoms with Gasteiger partial charge in [0.1, 0.15) is 6.42 Å².